The Balaban J connectivity index is 0.000000382. The van der Waals surface area contributed by atoms with E-state index in [1.165, 1.54) is 24.0 Å². The highest BCUT2D eigenvalue weighted by molar-refractivity contribution is 5.43. The van der Waals surface area contributed by atoms with E-state index in [4.69, 9.17) is 0 Å². The van der Waals surface area contributed by atoms with Crippen molar-refractivity contribution >= 4 is 0 Å². The number of allylic oxidation sites excluding steroid dienone is 6. The van der Waals surface area contributed by atoms with Crippen LogP contribution in [0.15, 0.2) is 72.4 Å². The monoisotopic (exact) mass is 282 g/mol. The maximum Gasteiger partial charge on any atom is -0.0210 e. The zero-order valence-electron chi connectivity index (χ0n) is 14.4. The van der Waals surface area contributed by atoms with Crippen LogP contribution < -0.4 is 0 Å². The Labute approximate surface area is 131 Å². The van der Waals surface area contributed by atoms with Gasteiger partial charge in [-0.1, -0.05) is 85.7 Å². The quantitative estimate of drug-likeness (QED) is 0.534. The van der Waals surface area contributed by atoms with Crippen LogP contribution in [0.3, 0.4) is 0 Å². The van der Waals surface area contributed by atoms with Crippen molar-refractivity contribution in [1.29, 1.82) is 0 Å². The first-order chi connectivity index (χ1) is 9.92. The molecule has 0 aromatic heterocycles. The van der Waals surface area contributed by atoms with Crippen molar-refractivity contribution < 1.29 is 0 Å². The van der Waals surface area contributed by atoms with Crippen LogP contribution >= 0.6 is 0 Å². The highest BCUT2D eigenvalue weighted by atomic mass is 14.0. The van der Waals surface area contributed by atoms with E-state index in [0.717, 1.165) is 16.7 Å². The highest BCUT2D eigenvalue weighted by Gasteiger charge is 1.95. The molecule has 0 N–H and O–H groups in total. The molecule has 0 aliphatic rings. The van der Waals surface area contributed by atoms with Crippen LogP contribution in [0.5, 0.6) is 0 Å². The smallest absolute Gasteiger partial charge is 0.0210 e. The first-order valence-corrected chi connectivity index (χ1v) is 7.62. The Morgan fingerprint density at radius 1 is 1.05 bits per heavy atom. The summed E-state index contributed by atoms with van der Waals surface area (Å²) in [4.78, 5) is 0. The average molecular weight is 282 g/mol. The molecule has 0 nitrogen and oxygen atoms in total. The molecule has 0 bridgehead atoms. The van der Waals surface area contributed by atoms with Crippen molar-refractivity contribution in [3.8, 4) is 0 Å². The van der Waals surface area contributed by atoms with Crippen molar-refractivity contribution in [1.82, 2.24) is 0 Å². The molecule has 0 radical (unpaired) electrons. The highest BCUT2D eigenvalue weighted by Crippen LogP contribution is 2.15. The normalized spacial score (nSPS) is 9.76. The molecule has 0 aliphatic carbocycles. The van der Waals surface area contributed by atoms with Gasteiger partial charge < -0.3 is 0 Å². The van der Waals surface area contributed by atoms with E-state index in [0.29, 0.717) is 0 Å². The minimum Gasteiger partial charge on any atom is -0.0955 e. The third kappa shape index (κ3) is 8.86. The first-order valence-electron chi connectivity index (χ1n) is 7.62. The molecule has 0 fully saturated rings. The molecular formula is C21H30. The van der Waals surface area contributed by atoms with Crippen molar-refractivity contribution in [2.24, 2.45) is 0 Å². The standard InChI is InChI=1S/C11H16.C10H14/c1-6-7-8-11(9(2)3)10(4)5;1-3-4-10-7-5-9(2)6-8-10/h6-8H,2,4H2,1,3,5H3;5-8H,3-4H2,1-2H3/b7-6-;. The molecule has 0 heterocycles. The molecule has 1 aromatic carbocycles. The minimum absolute atomic E-state index is 1.07. The maximum atomic E-state index is 3.87. The summed E-state index contributed by atoms with van der Waals surface area (Å²) in [5, 5.41) is 0. The predicted molar refractivity (Wildman–Crippen MR) is 97.7 cm³/mol. The molecule has 0 saturated carbocycles. The van der Waals surface area contributed by atoms with Crippen molar-refractivity contribution in [3.05, 3.63) is 83.5 Å². The molecule has 1 aromatic rings. The molecule has 0 aliphatic heterocycles. The van der Waals surface area contributed by atoms with Gasteiger partial charge in [-0.2, -0.15) is 0 Å². The molecule has 0 saturated heterocycles. The summed E-state index contributed by atoms with van der Waals surface area (Å²) >= 11 is 0. The average Bonchev–Trinajstić information content (AvgIpc) is 2.42. The van der Waals surface area contributed by atoms with Crippen LogP contribution in [0, 0.1) is 6.92 Å². The fraction of sp³-hybridized carbons (Fsp3) is 0.333. The van der Waals surface area contributed by atoms with E-state index < -0.39 is 0 Å². The van der Waals surface area contributed by atoms with Gasteiger partial charge in [0.15, 0.2) is 0 Å². The van der Waals surface area contributed by atoms with Gasteiger partial charge in [-0.3, -0.25) is 0 Å². The molecular weight excluding hydrogens is 252 g/mol. The molecule has 0 heteroatoms. The van der Waals surface area contributed by atoms with Gasteiger partial charge in [0.05, 0.1) is 0 Å². The number of hydrogen-bond donors (Lipinski definition) is 0. The number of rotatable bonds is 5. The topological polar surface area (TPSA) is 0 Å². The van der Waals surface area contributed by atoms with Crippen molar-refractivity contribution in [2.75, 3.05) is 0 Å². The number of benzene rings is 1. The van der Waals surface area contributed by atoms with E-state index in [9.17, 15) is 0 Å². The molecule has 1 rings (SSSR count). The minimum atomic E-state index is 1.07. The second-order valence-electron chi connectivity index (χ2n) is 5.40. The van der Waals surface area contributed by atoms with E-state index >= 15 is 0 Å². The number of aryl methyl sites for hydroxylation is 2. The summed E-state index contributed by atoms with van der Waals surface area (Å²) in [6.07, 6.45) is 8.47. The lowest BCUT2D eigenvalue weighted by Gasteiger charge is -2.03. The maximum absolute atomic E-state index is 3.87. The summed E-state index contributed by atoms with van der Waals surface area (Å²) in [5.74, 6) is 0. The van der Waals surface area contributed by atoms with E-state index in [1.807, 2.05) is 39.0 Å². The van der Waals surface area contributed by atoms with Crippen LogP contribution in [-0.2, 0) is 6.42 Å². The Morgan fingerprint density at radius 3 is 1.95 bits per heavy atom. The Bertz CT molecular complexity index is 479. The van der Waals surface area contributed by atoms with E-state index in [2.05, 4.69) is 51.3 Å². The van der Waals surface area contributed by atoms with Crippen LogP contribution in [0.4, 0.5) is 0 Å². The van der Waals surface area contributed by atoms with E-state index in [-0.39, 0.29) is 0 Å². The lowest BCUT2D eigenvalue weighted by Crippen LogP contribution is -1.83. The molecule has 0 atom stereocenters. The Kier molecular flexibility index (Phi) is 9.96. The molecule has 114 valence electrons. The molecule has 21 heavy (non-hydrogen) atoms. The zero-order chi connectivity index (χ0) is 16.3. The van der Waals surface area contributed by atoms with Gasteiger partial charge in [0.1, 0.15) is 0 Å². The lowest BCUT2D eigenvalue weighted by molar-refractivity contribution is 0.921. The van der Waals surface area contributed by atoms with Crippen LogP contribution in [0.2, 0.25) is 0 Å². The van der Waals surface area contributed by atoms with Crippen LogP contribution in [-0.4, -0.2) is 0 Å². The van der Waals surface area contributed by atoms with Crippen LogP contribution in [0.25, 0.3) is 0 Å². The summed E-state index contributed by atoms with van der Waals surface area (Å²) in [6, 6.07) is 8.76. The van der Waals surface area contributed by atoms with Gasteiger partial charge in [-0.25, -0.2) is 0 Å². The zero-order valence-corrected chi connectivity index (χ0v) is 14.4. The largest absolute Gasteiger partial charge is 0.0955 e. The van der Waals surface area contributed by atoms with E-state index in [1.54, 1.807) is 0 Å². The molecule has 0 amide bonds. The summed E-state index contributed by atoms with van der Waals surface area (Å²) in [5.41, 5.74) is 6.07. The van der Waals surface area contributed by atoms with Gasteiger partial charge in [0.25, 0.3) is 0 Å². The fourth-order valence-corrected chi connectivity index (χ4v) is 1.88. The fourth-order valence-electron chi connectivity index (χ4n) is 1.88. The van der Waals surface area contributed by atoms with Gasteiger partial charge in [-0.05, 0) is 45.3 Å². The second kappa shape index (κ2) is 10.9. The van der Waals surface area contributed by atoms with Crippen LogP contribution in [0.1, 0.15) is 45.2 Å². The number of hydrogen-bond acceptors (Lipinski definition) is 0. The van der Waals surface area contributed by atoms with Gasteiger partial charge in [0, 0.05) is 0 Å². The van der Waals surface area contributed by atoms with Gasteiger partial charge >= 0.3 is 0 Å². The predicted octanol–water partition coefficient (Wildman–Crippen LogP) is 6.59. The third-order valence-corrected chi connectivity index (χ3v) is 3.03. The molecule has 0 unspecified atom stereocenters. The summed E-state index contributed by atoms with van der Waals surface area (Å²) < 4.78 is 0. The lowest BCUT2D eigenvalue weighted by atomic mass is 10.0. The summed E-state index contributed by atoms with van der Waals surface area (Å²) in [7, 11) is 0. The van der Waals surface area contributed by atoms with Crippen molar-refractivity contribution in [3.63, 3.8) is 0 Å². The Hall–Kier alpha value is -1.82. The summed E-state index contributed by atoms with van der Waals surface area (Å²) in [6.45, 7) is 18.0. The molecule has 0 spiro atoms. The van der Waals surface area contributed by atoms with Gasteiger partial charge in [-0.15, -0.1) is 0 Å². The van der Waals surface area contributed by atoms with Gasteiger partial charge in [0.2, 0.25) is 0 Å². The Morgan fingerprint density at radius 2 is 1.57 bits per heavy atom. The first kappa shape index (κ1) is 19.2. The SMILES string of the molecule is C=C(C)C(=C/C=C\C)C(=C)C.CCCc1ccc(C)cc1. The second-order valence-corrected chi connectivity index (χ2v) is 5.40. The third-order valence-electron chi connectivity index (χ3n) is 3.03. The van der Waals surface area contributed by atoms with Crippen molar-refractivity contribution in [2.45, 2.75) is 47.5 Å².